The van der Waals surface area contributed by atoms with Crippen molar-refractivity contribution < 1.29 is 4.79 Å². The molecule has 0 saturated heterocycles. The summed E-state index contributed by atoms with van der Waals surface area (Å²) in [4.78, 5) is 14.0. The van der Waals surface area contributed by atoms with E-state index >= 15 is 0 Å². The van der Waals surface area contributed by atoms with E-state index in [4.69, 9.17) is 0 Å². The number of unbranched alkanes of at least 4 members (excludes halogenated alkanes) is 1. The topological polar surface area (TPSA) is 44.9 Å². The molecule has 3 nitrogen and oxygen atoms in total. The van der Waals surface area contributed by atoms with Gasteiger partial charge in [0.2, 0.25) is 6.41 Å². The van der Waals surface area contributed by atoms with Crippen molar-refractivity contribution in [1.29, 1.82) is 0 Å². The molecule has 0 aliphatic heterocycles. The van der Waals surface area contributed by atoms with Crippen LogP contribution in [0.15, 0.2) is 6.20 Å². The largest absolute Gasteiger partial charge is 0.361 e. The molecule has 0 spiro atoms. The summed E-state index contributed by atoms with van der Waals surface area (Å²) in [6.45, 7) is 2.18. The fraction of sp³-hybridized carbons (Fsp3) is 0.533. The van der Waals surface area contributed by atoms with Crippen molar-refractivity contribution >= 4 is 18.6 Å². The number of aromatic nitrogens is 1. The number of hydrogen-bond acceptors (Lipinski definition) is 1. The highest BCUT2D eigenvalue weighted by Crippen LogP contribution is 2.06. The third kappa shape index (κ3) is 3.03. The highest BCUT2D eigenvalue weighted by molar-refractivity contribution is 5.47. The summed E-state index contributed by atoms with van der Waals surface area (Å²) in [5.41, 5.74) is 1.33. The quantitative estimate of drug-likeness (QED) is 0.698. The number of amides is 1. The summed E-state index contributed by atoms with van der Waals surface area (Å²) >= 11 is 0. The molecule has 1 aliphatic carbocycles. The van der Waals surface area contributed by atoms with Crippen molar-refractivity contribution in [2.24, 2.45) is 0 Å². The minimum absolute atomic E-state index is 0.262. The van der Waals surface area contributed by atoms with Crippen LogP contribution in [0.2, 0.25) is 0 Å². The Balaban J connectivity index is 2.11. The van der Waals surface area contributed by atoms with E-state index < -0.39 is 0 Å². The normalized spacial score (nSPS) is 15.2. The molecule has 0 saturated carbocycles. The van der Waals surface area contributed by atoms with Gasteiger partial charge in [0.25, 0.3) is 0 Å². The lowest BCUT2D eigenvalue weighted by molar-refractivity contribution is -0.110. The number of fused-ring (bicyclic) bond motifs is 1. The van der Waals surface area contributed by atoms with E-state index in [1.54, 1.807) is 0 Å². The molecular weight excluding hydrogens is 224 g/mol. The number of H-pyrrole nitrogens is 1. The molecule has 0 bridgehead atoms. The van der Waals surface area contributed by atoms with Gasteiger partial charge in [-0.2, -0.15) is 0 Å². The number of carbonyl (C=O) groups is 1. The molecule has 1 unspecified atom stereocenters. The zero-order valence-electron chi connectivity index (χ0n) is 11.0. The molecule has 1 atom stereocenters. The van der Waals surface area contributed by atoms with Crippen LogP contribution in [0.3, 0.4) is 0 Å². The number of hydrogen-bond donors (Lipinski definition) is 2. The Labute approximate surface area is 108 Å². The van der Waals surface area contributed by atoms with Gasteiger partial charge in [-0.25, -0.2) is 0 Å². The molecule has 98 valence electrons. The van der Waals surface area contributed by atoms with Crippen LogP contribution in [-0.2, 0) is 11.2 Å². The molecule has 1 aromatic rings. The molecule has 1 amide bonds. The van der Waals surface area contributed by atoms with E-state index in [0.717, 1.165) is 38.5 Å². The monoisotopic (exact) mass is 246 g/mol. The van der Waals surface area contributed by atoms with Crippen molar-refractivity contribution in [3.63, 3.8) is 0 Å². The summed E-state index contributed by atoms with van der Waals surface area (Å²) in [6, 6.07) is 0.262. The second-order valence-corrected chi connectivity index (χ2v) is 4.95. The van der Waals surface area contributed by atoms with Crippen molar-refractivity contribution in [2.75, 3.05) is 0 Å². The number of aromatic amines is 1. The maximum Gasteiger partial charge on any atom is 0.207 e. The van der Waals surface area contributed by atoms with Crippen molar-refractivity contribution in [3.8, 4) is 0 Å². The van der Waals surface area contributed by atoms with E-state index in [1.807, 2.05) is 0 Å². The second kappa shape index (κ2) is 6.43. The van der Waals surface area contributed by atoms with Crippen LogP contribution in [0, 0.1) is 0 Å². The molecule has 1 aliphatic rings. The molecule has 2 rings (SSSR count). The number of carbonyl (C=O) groups excluding carboxylic acids is 1. The lowest BCUT2D eigenvalue weighted by Gasteiger charge is -2.15. The predicted octanol–water partition coefficient (Wildman–Crippen LogP) is 1.22. The standard InChI is InChI=1S/C15H22N2O/c1-2-3-6-13(17-11-18)9-12-10-16-15-8-5-4-7-14(12)15/h7-8,10-11,13,16H,2-6,9H2,1H3,(H,17,18). The summed E-state index contributed by atoms with van der Waals surface area (Å²) in [6.07, 6.45) is 14.0. The molecule has 18 heavy (non-hydrogen) atoms. The minimum Gasteiger partial charge on any atom is -0.361 e. The predicted molar refractivity (Wildman–Crippen MR) is 74.4 cm³/mol. The first kappa shape index (κ1) is 12.9. The van der Waals surface area contributed by atoms with Gasteiger partial charge in [0.1, 0.15) is 0 Å². The Morgan fingerprint density at radius 3 is 3.06 bits per heavy atom. The average Bonchev–Trinajstić information content (AvgIpc) is 2.80. The van der Waals surface area contributed by atoms with Crippen LogP contribution < -0.4 is 15.9 Å². The fourth-order valence-electron chi connectivity index (χ4n) is 2.58. The highest BCUT2D eigenvalue weighted by Gasteiger charge is 2.11. The molecule has 1 heterocycles. The first-order valence-electron chi connectivity index (χ1n) is 6.91. The Hall–Kier alpha value is -1.51. The maximum absolute atomic E-state index is 10.7. The Bertz CT molecular complexity index is 501. The Kier molecular flexibility index (Phi) is 4.62. The SMILES string of the molecule is CCCCC(Cc1c[nH]c2c1=CCCC=2)NC=O. The van der Waals surface area contributed by atoms with E-state index in [1.165, 1.54) is 22.6 Å². The van der Waals surface area contributed by atoms with Gasteiger partial charge in [-0.1, -0.05) is 31.9 Å². The van der Waals surface area contributed by atoms with Gasteiger partial charge in [-0.3, -0.25) is 4.79 Å². The zero-order chi connectivity index (χ0) is 12.8. The molecule has 0 aromatic carbocycles. The lowest BCUT2D eigenvalue weighted by Crippen LogP contribution is -2.34. The molecular formula is C15H22N2O. The molecule has 1 aromatic heterocycles. The van der Waals surface area contributed by atoms with Crippen LogP contribution >= 0.6 is 0 Å². The molecule has 2 N–H and O–H groups in total. The minimum atomic E-state index is 0.262. The average molecular weight is 246 g/mol. The highest BCUT2D eigenvalue weighted by atomic mass is 16.1. The van der Waals surface area contributed by atoms with E-state index in [0.29, 0.717) is 0 Å². The van der Waals surface area contributed by atoms with E-state index in [-0.39, 0.29) is 6.04 Å². The van der Waals surface area contributed by atoms with Gasteiger partial charge < -0.3 is 10.3 Å². The van der Waals surface area contributed by atoms with Crippen molar-refractivity contribution in [1.82, 2.24) is 10.3 Å². The van der Waals surface area contributed by atoms with Crippen LogP contribution in [0.25, 0.3) is 12.2 Å². The van der Waals surface area contributed by atoms with Gasteiger partial charge >= 0.3 is 0 Å². The van der Waals surface area contributed by atoms with Gasteiger partial charge in [-0.05, 0) is 36.5 Å². The Morgan fingerprint density at radius 2 is 2.28 bits per heavy atom. The summed E-state index contributed by atoms with van der Waals surface area (Å²) < 4.78 is 0. The number of rotatable bonds is 7. The Morgan fingerprint density at radius 1 is 1.44 bits per heavy atom. The maximum atomic E-state index is 10.7. The smallest absolute Gasteiger partial charge is 0.207 e. The summed E-state index contributed by atoms with van der Waals surface area (Å²) in [7, 11) is 0. The van der Waals surface area contributed by atoms with Gasteiger partial charge in [-0.15, -0.1) is 0 Å². The fourth-order valence-corrected chi connectivity index (χ4v) is 2.58. The van der Waals surface area contributed by atoms with Crippen molar-refractivity contribution in [3.05, 3.63) is 22.3 Å². The first-order valence-corrected chi connectivity index (χ1v) is 6.91. The zero-order valence-corrected chi connectivity index (χ0v) is 11.0. The van der Waals surface area contributed by atoms with Gasteiger partial charge in [0.05, 0.1) is 0 Å². The molecule has 0 fully saturated rings. The van der Waals surface area contributed by atoms with Crippen LogP contribution in [0.4, 0.5) is 0 Å². The lowest BCUT2D eigenvalue weighted by atomic mass is 10.0. The third-order valence-corrected chi connectivity index (χ3v) is 3.58. The second-order valence-electron chi connectivity index (χ2n) is 4.95. The van der Waals surface area contributed by atoms with Gasteiger partial charge in [0, 0.05) is 17.6 Å². The van der Waals surface area contributed by atoms with E-state index in [9.17, 15) is 4.79 Å². The number of nitrogens with one attached hydrogen (secondary N) is 2. The summed E-state index contributed by atoms with van der Waals surface area (Å²) in [5.74, 6) is 0. The van der Waals surface area contributed by atoms with Crippen LogP contribution in [-0.4, -0.2) is 17.4 Å². The van der Waals surface area contributed by atoms with Crippen LogP contribution in [0.1, 0.15) is 44.6 Å². The molecule has 3 heteroatoms. The summed E-state index contributed by atoms with van der Waals surface area (Å²) in [5, 5.41) is 5.53. The first-order chi connectivity index (χ1) is 8.85. The molecule has 0 radical (unpaired) electrons. The van der Waals surface area contributed by atoms with E-state index in [2.05, 4.69) is 35.6 Å². The van der Waals surface area contributed by atoms with Crippen LogP contribution in [0.5, 0.6) is 0 Å². The third-order valence-electron chi connectivity index (χ3n) is 3.58. The van der Waals surface area contributed by atoms with Crippen molar-refractivity contribution in [2.45, 2.75) is 51.5 Å². The van der Waals surface area contributed by atoms with Gasteiger partial charge in [0.15, 0.2) is 0 Å².